The van der Waals surface area contributed by atoms with Crippen LogP contribution in [0.5, 0.6) is 0 Å². The summed E-state index contributed by atoms with van der Waals surface area (Å²) < 4.78 is 29.2. The van der Waals surface area contributed by atoms with Crippen LogP contribution < -0.4 is 10.6 Å². The number of amides is 3. The maximum Gasteiger partial charge on any atom is 0.409 e. The fourth-order valence-corrected chi connectivity index (χ4v) is 7.02. The SMILES string of the molecule is CCOC(=O)N1CCN(C(=O)C(Cc2ccc(P(=O)(OCC)OCC)cc2)NC(=O)c2csc(-c3ccccc3)n2)CC1. The van der Waals surface area contributed by atoms with Crippen molar-refractivity contribution in [3.8, 4) is 10.6 Å². The number of hydrogen-bond acceptors (Lipinski definition) is 9. The third-order valence-corrected chi connectivity index (χ3v) is 9.79. The lowest BCUT2D eigenvalue weighted by Gasteiger charge is -2.36. The number of aromatic nitrogens is 1. The van der Waals surface area contributed by atoms with Gasteiger partial charge in [0.05, 0.1) is 25.1 Å². The Kier molecular flexibility index (Phi) is 11.5. The largest absolute Gasteiger partial charge is 0.450 e. The predicted octanol–water partition coefficient (Wildman–Crippen LogP) is 4.34. The van der Waals surface area contributed by atoms with Crippen molar-refractivity contribution in [1.82, 2.24) is 20.1 Å². The highest BCUT2D eigenvalue weighted by Gasteiger charge is 2.32. The molecule has 1 fully saturated rings. The van der Waals surface area contributed by atoms with Crippen LogP contribution in [0.2, 0.25) is 0 Å². The number of nitrogens with zero attached hydrogens (tertiary/aromatic N) is 3. The normalized spacial score (nSPS) is 14.3. The Morgan fingerprint density at radius 2 is 1.53 bits per heavy atom. The Hall–Kier alpha value is -3.57. The van der Waals surface area contributed by atoms with Gasteiger partial charge in [-0.3, -0.25) is 14.2 Å². The standard InChI is InChI=1S/C30H37N4O7PS/c1-4-39-30(37)34-18-16-33(17-19-34)29(36)25(20-22-12-14-24(15-13-22)42(38,40-5-2)41-6-3)31-27(35)26-21-43-28(32-26)23-10-8-7-9-11-23/h7-15,21,25H,4-6,16-20H2,1-3H3,(H,31,35). The second kappa shape index (κ2) is 15.2. The first kappa shape index (κ1) is 32.3. The quantitative estimate of drug-likeness (QED) is 0.294. The number of hydrogen-bond donors (Lipinski definition) is 1. The first-order valence-corrected chi connectivity index (χ1v) is 16.7. The molecule has 1 atom stereocenters. The molecule has 1 aromatic heterocycles. The van der Waals surface area contributed by atoms with E-state index in [-0.39, 0.29) is 37.8 Å². The molecule has 1 N–H and O–H groups in total. The second-order valence-electron chi connectivity index (χ2n) is 9.64. The molecule has 43 heavy (non-hydrogen) atoms. The number of carbonyl (C=O) groups is 3. The molecular formula is C30H37N4O7PS. The highest BCUT2D eigenvalue weighted by molar-refractivity contribution is 7.62. The molecular weight excluding hydrogens is 591 g/mol. The van der Waals surface area contributed by atoms with Crippen LogP contribution in [-0.2, 0) is 29.6 Å². The van der Waals surface area contributed by atoms with Crippen LogP contribution in [0.15, 0.2) is 60.0 Å². The zero-order chi connectivity index (χ0) is 30.8. The van der Waals surface area contributed by atoms with Crippen LogP contribution >= 0.6 is 18.9 Å². The van der Waals surface area contributed by atoms with E-state index in [1.54, 1.807) is 60.2 Å². The van der Waals surface area contributed by atoms with E-state index in [0.29, 0.717) is 36.5 Å². The summed E-state index contributed by atoms with van der Waals surface area (Å²) in [7, 11) is -3.47. The first-order valence-electron chi connectivity index (χ1n) is 14.3. The van der Waals surface area contributed by atoms with E-state index in [1.165, 1.54) is 11.3 Å². The molecule has 1 aliphatic rings. The van der Waals surface area contributed by atoms with Crippen molar-refractivity contribution in [3.63, 3.8) is 0 Å². The Morgan fingerprint density at radius 1 is 0.907 bits per heavy atom. The number of piperazine rings is 1. The monoisotopic (exact) mass is 628 g/mol. The zero-order valence-electron chi connectivity index (χ0n) is 24.6. The lowest BCUT2D eigenvalue weighted by molar-refractivity contribution is -0.134. The van der Waals surface area contributed by atoms with E-state index in [1.807, 2.05) is 30.3 Å². The van der Waals surface area contributed by atoms with Crippen LogP contribution in [0.25, 0.3) is 10.6 Å². The number of benzene rings is 2. The van der Waals surface area contributed by atoms with Crippen molar-refractivity contribution in [2.24, 2.45) is 0 Å². The fraction of sp³-hybridized carbons (Fsp3) is 0.400. The highest BCUT2D eigenvalue weighted by Crippen LogP contribution is 2.46. The van der Waals surface area contributed by atoms with E-state index in [2.05, 4.69) is 10.3 Å². The average Bonchev–Trinajstić information content (AvgIpc) is 3.52. The van der Waals surface area contributed by atoms with Gasteiger partial charge in [-0.05, 0) is 38.5 Å². The molecule has 0 spiro atoms. The summed E-state index contributed by atoms with van der Waals surface area (Å²) in [6.45, 7) is 7.25. The van der Waals surface area contributed by atoms with Gasteiger partial charge in [-0.15, -0.1) is 11.3 Å². The van der Waals surface area contributed by atoms with Crippen LogP contribution in [0.3, 0.4) is 0 Å². The minimum absolute atomic E-state index is 0.187. The average molecular weight is 629 g/mol. The fourth-order valence-electron chi connectivity index (χ4n) is 4.64. The van der Waals surface area contributed by atoms with E-state index in [9.17, 15) is 18.9 Å². The molecule has 0 radical (unpaired) electrons. The van der Waals surface area contributed by atoms with Crippen LogP contribution in [-0.4, -0.2) is 84.7 Å². The van der Waals surface area contributed by atoms with Gasteiger partial charge in [-0.25, -0.2) is 9.78 Å². The number of ether oxygens (including phenoxy) is 1. The molecule has 0 bridgehead atoms. The third kappa shape index (κ3) is 8.29. The van der Waals surface area contributed by atoms with Gasteiger partial charge in [0.2, 0.25) is 5.91 Å². The Labute approximate surface area is 255 Å². The number of thiazole rings is 1. The van der Waals surface area contributed by atoms with E-state index in [4.69, 9.17) is 13.8 Å². The van der Waals surface area contributed by atoms with Gasteiger partial charge in [0.1, 0.15) is 16.7 Å². The Bertz CT molecular complexity index is 1420. The van der Waals surface area contributed by atoms with Crippen LogP contribution in [0, 0.1) is 0 Å². The van der Waals surface area contributed by atoms with Gasteiger partial charge in [0, 0.05) is 43.5 Å². The minimum Gasteiger partial charge on any atom is -0.450 e. The lowest BCUT2D eigenvalue weighted by atomic mass is 10.0. The molecule has 0 aliphatic carbocycles. The maximum absolute atomic E-state index is 13.8. The van der Waals surface area contributed by atoms with Crippen molar-refractivity contribution >= 4 is 42.1 Å². The second-order valence-corrected chi connectivity index (χ2v) is 12.5. The predicted molar refractivity (Wildman–Crippen MR) is 165 cm³/mol. The van der Waals surface area contributed by atoms with E-state index in [0.717, 1.165) is 11.1 Å². The van der Waals surface area contributed by atoms with Crippen molar-refractivity contribution in [3.05, 3.63) is 71.2 Å². The molecule has 3 aromatic rings. The Morgan fingerprint density at radius 3 is 2.14 bits per heavy atom. The van der Waals surface area contributed by atoms with E-state index < -0.39 is 25.6 Å². The number of rotatable bonds is 12. The molecule has 13 heteroatoms. The van der Waals surface area contributed by atoms with Crippen molar-refractivity contribution in [2.45, 2.75) is 33.2 Å². The van der Waals surface area contributed by atoms with Crippen LogP contribution in [0.4, 0.5) is 4.79 Å². The molecule has 1 aliphatic heterocycles. The lowest BCUT2D eigenvalue weighted by Crippen LogP contribution is -2.56. The summed E-state index contributed by atoms with van der Waals surface area (Å²) in [6, 6.07) is 15.5. The van der Waals surface area contributed by atoms with Crippen LogP contribution in [0.1, 0.15) is 36.8 Å². The van der Waals surface area contributed by atoms with Gasteiger partial charge in [-0.2, -0.15) is 0 Å². The van der Waals surface area contributed by atoms with Gasteiger partial charge in [-0.1, -0.05) is 42.5 Å². The third-order valence-electron chi connectivity index (χ3n) is 6.77. The Balaban J connectivity index is 1.52. The molecule has 2 aromatic carbocycles. The van der Waals surface area contributed by atoms with Gasteiger partial charge in [0.25, 0.3) is 5.91 Å². The smallest absolute Gasteiger partial charge is 0.409 e. The van der Waals surface area contributed by atoms with Crippen molar-refractivity contribution in [2.75, 3.05) is 46.0 Å². The summed E-state index contributed by atoms with van der Waals surface area (Å²) in [6.07, 6.45) is -0.222. The summed E-state index contributed by atoms with van der Waals surface area (Å²) in [4.78, 5) is 47.0. The number of nitrogens with one attached hydrogen (secondary N) is 1. The van der Waals surface area contributed by atoms with Crippen molar-refractivity contribution < 1.29 is 32.7 Å². The summed E-state index contributed by atoms with van der Waals surface area (Å²) in [5, 5.41) is 5.68. The molecule has 4 rings (SSSR count). The molecule has 1 saturated heterocycles. The molecule has 11 nitrogen and oxygen atoms in total. The molecule has 230 valence electrons. The summed E-state index contributed by atoms with van der Waals surface area (Å²) in [5.74, 6) is -0.732. The summed E-state index contributed by atoms with van der Waals surface area (Å²) >= 11 is 1.35. The summed E-state index contributed by atoms with van der Waals surface area (Å²) in [5.41, 5.74) is 1.86. The minimum atomic E-state index is -3.47. The highest BCUT2D eigenvalue weighted by atomic mass is 32.1. The number of carbonyl (C=O) groups excluding carboxylic acids is 3. The van der Waals surface area contributed by atoms with E-state index >= 15 is 0 Å². The zero-order valence-corrected chi connectivity index (χ0v) is 26.3. The molecule has 2 heterocycles. The molecule has 0 saturated carbocycles. The molecule has 3 amide bonds. The topological polar surface area (TPSA) is 127 Å². The molecule has 1 unspecified atom stereocenters. The van der Waals surface area contributed by atoms with Crippen molar-refractivity contribution in [1.29, 1.82) is 0 Å². The van der Waals surface area contributed by atoms with Gasteiger partial charge < -0.3 is 28.9 Å². The van der Waals surface area contributed by atoms with Gasteiger partial charge in [0.15, 0.2) is 0 Å². The maximum atomic E-state index is 13.8. The first-order chi connectivity index (χ1) is 20.8. The van der Waals surface area contributed by atoms with Gasteiger partial charge >= 0.3 is 13.7 Å².